The van der Waals surface area contributed by atoms with Gasteiger partial charge in [0.15, 0.2) is 0 Å². The summed E-state index contributed by atoms with van der Waals surface area (Å²) in [4.78, 5) is 0. The van der Waals surface area contributed by atoms with Gasteiger partial charge in [0, 0.05) is 25.0 Å². The van der Waals surface area contributed by atoms with Crippen molar-refractivity contribution in [2.45, 2.75) is 39.2 Å². The number of aromatic nitrogens is 2. The van der Waals surface area contributed by atoms with E-state index in [2.05, 4.69) is 17.3 Å². The Hall–Kier alpha value is -1.68. The zero-order valence-electron chi connectivity index (χ0n) is 13.1. The fraction of sp³-hybridized carbons (Fsp3) is 0.471. The van der Waals surface area contributed by atoms with Gasteiger partial charge in [-0.25, -0.2) is 4.39 Å². The van der Waals surface area contributed by atoms with E-state index in [0.29, 0.717) is 0 Å². The largest absolute Gasteiger partial charge is 0.310 e. The summed E-state index contributed by atoms with van der Waals surface area (Å²) in [5.41, 5.74) is 3.42. The zero-order chi connectivity index (χ0) is 15.2. The van der Waals surface area contributed by atoms with Gasteiger partial charge in [-0.2, -0.15) is 5.10 Å². The SMILES string of the molecule is CCCNC(CCc1ccnn1C)c1ccc(F)cc1C. The fourth-order valence-electron chi connectivity index (χ4n) is 2.65. The standard InChI is InChI=1S/C17H24FN3/c1-4-10-19-17(8-6-15-9-11-20-21(15)3)16-7-5-14(18)12-13(16)2/h5,7,9,11-12,17,19H,4,6,8,10H2,1-3H3. The Labute approximate surface area is 126 Å². The van der Waals surface area contributed by atoms with E-state index in [1.54, 1.807) is 12.1 Å². The Balaban J connectivity index is 2.12. The average Bonchev–Trinajstić information content (AvgIpc) is 2.85. The third-order valence-electron chi connectivity index (χ3n) is 3.86. The molecule has 1 atom stereocenters. The summed E-state index contributed by atoms with van der Waals surface area (Å²) in [6.45, 7) is 5.10. The maximum atomic E-state index is 13.3. The molecule has 0 radical (unpaired) electrons. The van der Waals surface area contributed by atoms with Crippen molar-refractivity contribution in [3.63, 3.8) is 0 Å². The van der Waals surface area contributed by atoms with Crippen molar-refractivity contribution >= 4 is 0 Å². The van der Waals surface area contributed by atoms with E-state index in [0.717, 1.165) is 31.4 Å². The van der Waals surface area contributed by atoms with Gasteiger partial charge in [-0.15, -0.1) is 0 Å². The van der Waals surface area contributed by atoms with Gasteiger partial charge < -0.3 is 5.32 Å². The minimum absolute atomic E-state index is 0.169. The Kier molecular flexibility index (Phi) is 5.51. The second kappa shape index (κ2) is 7.36. The van der Waals surface area contributed by atoms with Gasteiger partial charge in [0.25, 0.3) is 0 Å². The molecular weight excluding hydrogens is 265 g/mol. The highest BCUT2D eigenvalue weighted by atomic mass is 19.1. The van der Waals surface area contributed by atoms with Gasteiger partial charge in [-0.1, -0.05) is 13.0 Å². The van der Waals surface area contributed by atoms with E-state index in [9.17, 15) is 4.39 Å². The molecule has 114 valence electrons. The zero-order valence-corrected chi connectivity index (χ0v) is 13.1. The van der Waals surface area contributed by atoms with Gasteiger partial charge in [0.05, 0.1) is 0 Å². The van der Waals surface area contributed by atoms with E-state index < -0.39 is 0 Å². The van der Waals surface area contributed by atoms with Gasteiger partial charge in [-0.05, 0) is 62.1 Å². The second-order valence-electron chi connectivity index (χ2n) is 5.49. The smallest absolute Gasteiger partial charge is 0.123 e. The van der Waals surface area contributed by atoms with Gasteiger partial charge in [-0.3, -0.25) is 4.68 Å². The minimum atomic E-state index is -0.169. The van der Waals surface area contributed by atoms with Crippen LogP contribution in [0.5, 0.6) is 0 Å². The number of hydrogen-bond acceptors (Lipinski definition) is 2. The minimum Gasteiger partial charge on any atom is -0.310 e. The van der Waals surface area contributed by atoms with Crippen LogP contribution < -0.4 is 5.32 Å². The maximum Gasteiger partial charge on any atom is 0.123 e. The van der Waals surface area contributed by atoms with E-state index in [4.69, 9.17) is 0 Å². The summed E-state index contributed by atoms with van der Waals surface area (Å²) in [5.74, 6) is -0.169. The third-order valence-corrected chi connectivity index (χ3v) is 3.86. The van der Waals surface area contributed by atoms with Crippen LogP contribution in [-0.2, 0) is 13.5 Å². The molecule has 3 nitrogen and oxygen atoms in total. The number of nitrogens with zero attached hydrogens (tertiary/aromatic N) is 2. The fourth-order valence-corrected chi connectivity index (χ4v) is 2.65. The molecule has 21 heavy (non-hydrogen) atoms. The van der Waals surface area contributed by atoms with Crippen molar-refractivity contribution < 1.29 is 4.39 Å². The molecule has 0 saturated carbocycles. The highest BCUT2D eigenvalue weighted by Crippen LogP contribution is 2.23. The molecule has 1 aromatic carbocycles. The van der Waals surface area contributed by atoms with Crippen molar-refractivity contribution in [2.24, 2.45) is 7.05 Å². The lowest BCUT2D eigenvalue weighted by Crippen LogP contribution is -2.23. The molecule has 0 saturated heterocycles. The summed E-state index contributed by atoms with van der Waals surface area (Å²) in [6.07, 6.45) is 4.84. The van der Waals surface area contributed by atoms with Crippen LogP contribution in [0.25, 0.3) is 0 Å². The molecule has 0 aliphatic heterocycles. The van der Waals surface area contributed by atoms with Gasteiger partial charge in [0.1, 0.15) is 5.82 Å². The van der Waals surface area contributed by atoms with Crippen LogP contribution in [0.2, 0.25) is 0 Å². The second-order valence-corrected chi connectivity index (χ2v) is 5.49. The van der Waals surface area contributed by atoms with Crippen LogP contribution in [-0.4, -0.2) is 16.3 Å². The molecule has 1 heterocycles. The van der Waals surface area contributed by atoms with Gasteiger partial charge >= 0.3 is 0 Å². The van der Waals surface area contributed by atoms with Crippen molar-refractivity contribution in [2.75, 3.05) is 6.54 Å². The summed E-state index contributed by atoms with van der Waals surface area (Å²) in [5, 5.41) is 7.78. The van der Waals surface area contributed by atoms with E-state index in [1.165, 1.54) is 11.3 Å². The summed E-state index contributed by atoms with van der Waals surface area (Å²) < 4.78 is 15.2. The van der Waals surface area contributed by atoms with Crippen LogP contribution >= 0.6 is 0 Å². The lowest BCUT2D eigenvalue weighted by atomic mass is 9.96. The molecule has 2 rings (SSSR count). The highest BCUT2D eigenvalue weighted by Gasteiger charge is 2.14. The highest BCUT2D eigenvalue weighted by molar-refractivity contribution is 5.29. The molecule has 1 N–H and O–H groups in total. The molecule has 0 amide bonds. The van der Waals surface area contributed by atoms with E-state index in [1.807, 2.05) is 37.0 Å². The monoisotopic (exact) mass is 289 g/mol. The summed E-state index contributed by atoms with van der Waals surface area (Å²) in [7, 11) is 1.97. The number of rotatable bonds is 7. The van der Waals surface area contributed by atoms with E-state index in [-0.39, 0.29) is 11.9 Å². The molecule has 0 fully saturated rings. The maximum absolute atomic E-state index is 13.3. The molecular formula is C17H24FN3. The molecule has 0 aliphatic rings. The van der Waals surface area contributed by atoms with Crippen molar-refractivity contribution in [3.8, 4) is 0 Å². The first-order valence-corrected chi connectivity index (χ1v) is 7.58. The Bertz CT molecular complexity index is 577. The van der Waals surface area contributed by atoms with Crippen molar-refractivity contribution in [3.05, 3.63) is 53.1 Å². The molecule has 0 aliphatic carbocycles. The van der Waals surface area contributed by atoms with Crippen LogP contribution in [0.3, 0.4) is 0 Å². The van der Waals surface area contributed by atoms with Crippen LogP contribution in [0.1, 0.15) is 42.6 Å². The van der Waals surface area contributed by atoms with Gasteiger partial charge in [0.2, 0.25) is 0 Å². The molecule has 1 aromatic heterocycles. The van der Waals surface area contributed by atoms with Crippen LogP contribution in [0.15, 0.2) is 30.5 Å². The number of hydrogen-bond donors (Lipinski definition) is 1. The number of halogens is 1. The predicted octanol–water partition coefficient (Wildman–Crippen LogP) is 3.54. The molecule has 0 bridgehead atoms. The Morgan fingerprint density at radius 3 is 2.76 bits per heavy atom. The van der Waals surface area contributed by atoms with Crippen LogP contribution in [0.4, 0.5) is 4.39 Å². The summed E-state index contributed by atoms with van der Waals surface area (Å²) >= 11 is 0. The third kappa shape index (κ3) is 4.14. The van der Waals surface area contributed by atoms with E-state index >= 15 is 0 Å². The molecule has 4 heteroatoms. The first-order valence-electron chi connectivity index (χ1n) is 7.58. The number of nitrogens with one attached hydrogen (secondary N) is 1. The summed E-state index contributed by atoms with van der Waals surface area (Å²) in [6, 6.07) is 7.36. The molecule has 2 aromatic rings. The predicted molar refractivity (Wildman–Crippen MR) is 83.7 cm³/mol. The normalized spacial score (nSPS) is 12.6. The average molecular weight is 289 g/mol. The van der Waals surface area contributed by atoms with Crippen LogP contribution in [0, 0.1) is 12.7 Å². The van der Waals surface area contributed by atoms with Crippen molar-refractivity contribution in [1.29, 1.82) is 0 Å². The molecule has 0 spiro atoms. The van der Waals surface area contributed by atoms with Crippen molar-refractivity contribution in [1.82, 2.24) is 15.1 Å². The lowest BCUT2D eigenvalue weighted by molar-refractivity contribution is 0.488. The lowest BCUT2D eigenvalue weighted by Gasteiger charge is -2.21. The first-order chi connectivity index (χ1) is 10.1. The number of benzene rings is 1. The Morgan fingerprint density at radius 2 is 2.14 bits per heavy atom. The first kappa shape index (κ1) is 15.7. The molecule has 1 unspecified atom stereocenters. The topological polar surface area (TPSA) is 29.9 Å². The quantitative estimate of drug-likeness (QED) is 0.845. The number of aryl methyl sites for hydroxylation is 3. The Morgan fingerprint density at radius 1 is 1.33 bits per heavy atom.